The van der Waals surface area contributed by atoms with Gasteiger partial charge in [0.1, 0.15) is 11.4 Å². The standard InChI is InChI=1S/C13H16N2O2/c1-16-11-4-5-15-8-12(14-13(15)7-11)10-3-2-6-17-9-10/h4-5,7-8,10H,2-3,6,9H2,1H3. The van der Waals surface area contributed by atoms with E-state index in [0.717, 1.165) is 36.7 Å². The summed E-state index contributed by atoms with van der Waals surface area (Å²) in [5, 5.41) is 0. The van der Waals surface area contributed by atoms with Gasteiger partial charge in [0.15, 0.2) is 0 Å². The molecule has 3 rings (SSSR count). The normalized spacial score (nSPS) is 20.6. The minimum atomic E-state index is 0.439. The van der Waals surface area contributed by atoms with Crippen LogP contribution >= 0.6 is 0 Å². The Balaban J connectivity index is 1.95. The fourth-order valence-corrected chi connectivity index (χ4v) is 2.28. The van der Waals surface area contributed by atoms with E-state index in [2.05, 4.69) is 11.2 Å². The highest BCUT2D eigenvalue weighted by molar-refractivity contribution is 5.46. The van der Waals surface area contributed by atoms with Crippen LogP contribution in [0.5, 0.6) is 5.75 Å². The van der Waals surface area contributed by atoms with Gasteiger partial charge in [0.25, 0.3) is 0 Å². The van der Waals surface area contributed by atoms with Gasteiger partial charge in [-0.2, -0.15) is 0 Å². The number of nitrogens with zero attached hydrogens (tertiary/aromatic N) is 2. The molecule has 2 aromatic heterocycles. The summed E-state index contributed by atoms with van der Waals surface area (Å²) in [4.78, 5) is 4.65. The molecule has 3 heterocycles. The molecule has 0 amide bonds. The number of ether oxygens (including phenoxy) is 2. The second-order valence-electron chi connectivity index (χ2n) is 4.41. The third kappa shape index (κ3) is 2.00. The number of pyridine rings is 1. The molecular weight excluding hydrogens is 216 g/mol. The van der Waals surface area contributed by atoms with Crippen molar-refractivity contribution in [3.8, 4) is 5.75 Å². The van der Waals surface area contributed by atoms with Crippen molar-refractivity contribution in [2.45, 2.75) is 18.8 Å². The van der Waals surface area contributed by atoms with Gasteiger partial charge >= 0.3 is 0 Å². The zero-order valence-corrected chi connectivity index (χ0v) is 9.93. The number of methoxy groups -OCH3 is 1. The smallest absolute Gasteiger partial charge is 0.140 e. The molecule has 1 fully saturated rings. The Bertz CT molecular complexity index is 515. The molecule has 0 spiro atoms. The molecule has 1 saturated heterocycles. The van der Waals surface area contributed by atoms with Crippen molar-refractivity contribution in [2.24, 2.45) is 0 Å². The number of fused-ring (bicyclic) bond motifs is 1. The largest absolute Gasteiger partial charge is 0.497 e. The van der Waals surface area contributed by atoms with Crippen LogP contribution in [0.25, 0.3) is 5.65 Å². The molecule has 1 atom stereocenters. The molecule has 0 aliphatic carbocycles. The summed E-state index contributed by atoms with van der Waals surface area (Å²) >= 11 is 0. The van der Waals surface area contributed by atoms with Gasteiger partial charge in [0.2, 0.25) is 0 Å². The van der Waals surface area contributed by atoms with Crippen molar-refractivity contribution in [1.29, 1.82) is 0 Å². The van der Waals surface area contributed by atoms with Gasteiger partial charge in [0.05, 0.1) is 19.4 Å². The monoisotopic (exact) mass is 232 g/mol. The molecule has 0 saturated carbocycles. The number of hydrogen-bond acceptors (Lipinski definition) is 3. The summed E-state index contributed by atoms with van der Waals surface area (Å²) in [6.07, 6.45) is 6.37. The van der Waals surface area contributed by atoms with E-state index in [1.165, 1.54) is 6.42 Å². The fourth-order valence-electron chi connectivity index (χ4n) is 2.28. The van der Waals surface area contributed by atoms with Crippen LogP contribution in [-0.4, -0.2) is 29.7 Å². The van der Waals surface area contributed by atoms with E-state index in [9.17, 15) is 0 Å². The lowest BCUT2D eigenvalue weighted by molar-refractivity contribution is 0.0794. The molecule has 1 aliphatic rings. The topological polar surface area (TPSA) is 35.8 Å². The lowest BCUT2D eigenvalue weighted by atomic mass is 9.99. The predicted molar refractivity (Wildman–Crippen MR) is 64.5 cm³/mol. The summed E-state index contributed by atoms with van der Waals surface area (Å²) in [6.45, 7) is 1.68. The molecule has 1 aliphatic heterocycles. The molecule has 17 heavy (non-hydrogen) atoms. The second-order valence-corrected chi connectivity index (χ2v) is 4.41. The van der Waals surface area contributed by atoms with Crippen LogP contribution in [0.3, 0.4) is 0 Å². The van der Waals surface area contributed by atoms with Crippen LogP contribution in [0.2, 0.25) is 0 Å². The summed E-state index contributed by atoms with van der Waals surface area (Å²) in [5.41, 5.74) is 2.06. The molecule has 0 radical (unpaired) electrons. The minimum absolute atomic E-state index is 0.439. The Morgan fingerprint density at radius 1 is 1.53 bits per heavy atom. The van der Waals surface area contributed by atoms with Gasteiger partial charge in [-0.05, 0) is 18.9 Å². The summed E-state index contributed by atoms with van der Waals surface area (Å²) in [5.74, 6) is 1.28. The minimum Gasteiger partial charge on any atom is -0.497 e. The van der Waals surface area contributed by atoms with E-state index in [4.69, 9.17) is 9.47 Å². The summed E-state index contributed by atoms with van der Waals surface area (Å²) in [6, 6.07) is 3.89. The highest BCUT2D eigenvalue weighted by Crippen LogP contribution is 2.25. The van der Waals surface area contributed by atoms with Crippen molar-refractivity contribution < 1.29 is 9.47 Å². The maximum absolute atomic E-state index is 5.50. The van der Waals surface area contributed by atoms with E-state index in [0.29, 0.717) is 5.92 Å². The van der Waals surface area contributed by atoms with Gasteiger partial charge in [-0.3, -0.25) is 0 Å². The first-order valence-electron chi connectivity index (χ1n) is 5.97. The van der Waals surface area contributed by atoms with E-state index in [1.807, 2.05) is 22.7 Å². The highest BCUT2D eigenvalue weighted by atomic mass is 16.5. The van der Waals surface area contributed by atoms with Crippen molar-refractivity contribution in [2.75, 3.05) is 20.3 Å². The molecule has 0 bridgehead atoms. The molecule has 2 aromatic rings. The number of imidazole rings is 1. The fraction of sp³-hybridized carbons (Fsp3) is 0.462. The van der Waals surface area contributed by atoms with Crippen LogP contribution in [0.4, 0.5) is 0 Å². The lowest BCUT2D eigenvalue weighted by Gasteiger charge is -2.19. The SMILES string of the molecule is COc1ccn2cc(C3CCCOC3)nc2c1. The quantitative estimate of drug-likeness (QED) is 0.796. The van der Waals surface area contributed by atoms with Crippen LogP contribution in [0, 0.1) is 0 Å². The van der Waals surface area contributed by atoms with E-state index in [1.54, 1.807) is 7.11 Å². The maximum atomic E-state index is 5.50. The molecule has 4 heteroatoms. The predicted octanol–water partition coefficient (Wildman–Crippen LogP) is 2.24. The third-order valence-electron chi connectivity index (χ3n) is 3.26. The first-order chi connectivity index (χ1) is 8.36. The van der Waals surface area contributed by atoms with Crippen LogP contribution < -0.4 is 4.74 Å². The number of rotatable bonds is 2. The molecule has 1 unspecified atom stereocenters. The molecule has 90 valence electrons. The van der Waals surface area contributed by atoms with Crippen molar-refractivity contribution in [1.82, 2.24) is 9.38 Å². The van der Waals surface area contributed by atoms with Gasteiger partial charge in [-0.25, -0.2) is 4.98 Å². The molecule has 0 aromatic carbocycles. The highest BCUT2D eigenvalue weighted by Gasteiger charge is 2.18. The van der Waals surface area contributed by atoms with Crippen molar-refractivity contribution >= 4 is 5.65 Å². The number of hydrogen-bond donors (Lipinski definition) is 0. The Hall–Kier alpha value is -1.55. The van der Waals surface area contributed by atoms with E-state index < -0.39 is 0 Å². The van der Waals surface area contributed by atoms with Gasteiger partial charge < -0.3 is 13.9 Å². The third-order valence-corrected chi connectivity index (χ3v) is 3.26. The Morgan fingerprint density at radius 2 is 2.47 bits per heavy atom. The van der Waals surface area contributed by atoms with E-state index in [-0.39, 0.29) is 0 Å². The molecule has 4 nitrogen and oxygen atoms in total. The van der Waals surface area contributed by atoms with Crippen LogP contribution in [-0.2, 0) is 4.74 Å². The first-order valence-corrected chi connectivity index (χ1v) is 5.97. The first kappa shape index (κ1) is 10.6. The summed E-state index contributed by atoms with van der Waals surface area (Å²) < 4.78 is 12.7. The molecular formula is C13H16N2O2. The second kappa shape index (κ2) is 4.37. The zero-order chi connectivity index (χ0) is 11.7. The molecule has 0 N–H and O–H groups in total. The zero-order valence-electron chi connectivity index (χ0n) is 9.93. The summed E-state index contributed by atoms with van der Waals surface area (Å²) in [7, 11) is 1.67. The maximum Gasteiger partial charge on any atom is 0.140 e. The number of aromatic nitrogens is 2. The van der Waals surface area contributed by atoms with Crippen molar-refractivity contribution in [3.05, 3.63) is 30.2 Å². The average molecular weight is 232 g/mol. The Kier molecular flexibility index (Phi) is 2.73. The Morgan fingerprint density at radius 3 is 3.24 bits per heavy atom. The lowest BCUT2D eigenvalue weighted by Crippen LogP contribution is -2.15. The van der Waals surface area contributed by atoms with Gasteiger partial charge in [0, 0.05) is 31.0 Å². The van der Waals surface area contributed by atoms with Gasteiger partial charge in [-0.1, -0.05) is 0 Å². The van der Waals surface area contributed by atoms with Crippen LogP contribution in [0.15, 0.2) is 24.5 Å². The van der Waals surface area contributed by atoms with E-state index >= 15 is 0 Å². The Labute approximate surface area is 100 Å². The average Bonchev–Trinajstić information content (AvgIpc) is 2.82. The van der Waals surface area contributed by atoms with Crippen LogP contribution in [0.1, 0.15) is 24.5 Å². The van der Waals surface area contributed by atoms with Gasteiger partial charge in [-0.15, -0.1) is 0 Å². The van der Waals surface area contributed by atoms with Crippen molar-refractivity contribution in [3.63, 3.8) is 0 Å².